The molecule has 0 aromatic heterocycles. The van der Waals surface area contributed by atoms with Crippen LogP contribution >= 0.6 is 22.6 Å². The van der Waals surface area contributed by atoms with Gasteiger partial charge >= 0.3 is 0 Å². The smallest absolute Gasteiger partial charge is 0.247 e. The Morgan fingerprint density at radius 2 is 1.95 bits per heavy atom. The summed E-state index contributed by atoms with van der Waals surface area (Å²) in [7, 11) is 1.45. The van der Waals surface area contributed by atoms with Crippen molar-refractivity contribution in [3.05, 3.63) is 32.9 Å². The normalized spacial score (nSPS) is 19.4. The molecule has 0 saturated heterocycles. The van der Waals surface area contributed by atoms with E-state index in [0.717, 1.165) is 6.42 Å². The molecule has 0 aliphatic heterocycles. The van der Waals surface area contributed by atoms with Gasteiger partial charge in [0.15, 0.2) is 11.5 Å². The average molecular weight is 631 g/mol. The number of rotatable bonds is 13. The van der Waals surface area contributed by atoms with Crippen molar-refractivity contribution in [1.82, 2.24) is 10.2 Å². The lowest BCUT2D eigenvalue weighted by molar-refractivity contribution is -0.139. The van der Waals surface area contributed by atoms with Crippen LogP contribution in [0.2, 0.25) is 0 Å². The molecule has 206 valence electrons. The van der Waals surface area contributed by atoms with Gasteiger partial charge in [0.05, 0.1) is 23.3 Å². The minimum absolute atomic E-state index is 0.0805. The van der Waals surface area contributed by atoms with Gasteiger partial charge in [-0.25, -0.2) is 0 Å². The fourth-order valence-electron chi connectivity index (χ4n) is 4.18. The van der Waals surface area contributed by atoms with Gasteiger partial charge in [0, 0.05) is 37.1 Å². The van der Waals surface area contributed by atoms with Crippen molar-refractivity contribution < 1.29 is 34.1 Å². The van der Waals surface area contributed by atoms with Crippen LogP contribution in [0.25, 0.3) is 0 Å². The molecule has 2 amide bonds. The van der Waals surface area contributed by atoms with E-state index in [1.165, 1.54) is 13.2 Å². The summed E-state index contributed by atoms with van der Waals surface area (Å²) in [4.78, 5) is 39.2. The third-order valence-corrected chi connectivity index (χ3v) is 6.91. The highest BCUT2D eigenvalue weighted by atomic mass is 127. The van der Waals surface area contributed by atoms with Crippen molar-refractivity contribution in [2.45, 2.75) is 65.2 Å². The number of benzene rings is 1. The zero-order valence-electron chi connectivity index (χ0n) is 22.2. The molecular weight excluding hydrogens is 591 g/mol. The number of methoxy groups -OCH3 is 1. The number of nitrogens with zero attached hydrogens (tertiary/aromatic N) is 1. The molecule has 3 N–H and O–H groups in total. The minimum Gasteiger partial charge on any atom is -0.493 e. The van der Waals surface area contributed by atoms with Crippen LogP contribution in [0.4, 0.5) is 0 Å². The topological polar surface area (TPSA) is 125 Å². The first-order valence-corrected chi connectivity index (χ1v) is 13.7. The number of aldehydes is 1. The standard InChI is InChI=1S/C27H39IN2O7/c1-16(2)6-8-30(24(33)10-17(3)4)21-13-19(27(35)29-7-9-31)14-22(25(21)34)37-26-20(28)11-18(15-32)12-23(26)36-5/h11-12,14-17,21-22,25,31,34H,6-10,13H2,1-5H3,(H,29,35). The molecule has 2 rings (SSSR count). The molecule has 0 radical (unpaired) electrons. The number of ether oxygens (including phenoxy) is 2. The quantitative estimate of drug-likeness (QED) is 0.226. The summed E-state index contributed by atoms with van der Waals surface area (Å²) >= 11 is 2.02. The van der Waals surface area contributed by atoms with Gasteiger partial charge in [0.25, 0.3) is 0 Å². The summed E-state index contributed by atoms with van der Waals surface area (Å²) in [6.07, 6.45) is 1.39. The summed E-state index contributed by atoms with van der Waals surface area (Å²) in [5.74, 6) is 0.636. The Morgan fingerprint density at radius 3 is 2.51 bits per heavy atom. The monoisotopic (exact) mass is 630 g/mol. The summed E-state index contributed by atoms with van der Waals surface area (Å²) in [5.41, 5.74) is 0.772. The molecule has 1 aliphatic rings. The first-order valence-electron chi connectivity index (χ1n) is 12.6. The fraction of sp³-hybridized carbons (Fsp3) is 0.593. The van der Waals surface area contributed by atoms with Crippen molar-refractivity contribution in [1.29, 1.82) is 0 Å². The van der Waals surface area contributed by atoms with Crippen molar-refractivity contribution in [2.75, 3.05) is 26.8 Å². The molecule has 3 unspecified atom stereocenters. The second-order valence-corrected chi connectivity index (χ2v) is 11.2. The lowest BCUT2D eigenvalue weighted by atomic mass is 9.87. The zero-order chi connectivity index (χ0) is 27.7. The molecule has 37 heavy (non-hydrogen) atoms. The summed E-state index contributed by atoms with van der Waals surface area (Å²) in [6.45, 7) is 8.38. The number of amides is 2. The number of carbonyl (C=O) groups is 3. The van der Waals surface area contributed by atoms with Crippen LogP contribution in [0.1, 0.15) is 57.3 Å². The molecule has 1 aromatic rings. The molecular formula is C27H39IN2O7. The van der Waals surface area contributed by atoms with Crippen LogP contribution in [0.5, 0.6) is 11.5 Å². The van der Waals surface area contributed by atoms with Gasteiger partial charge in [-0.3, -0.25) is 14.4 Å². The Labute approximate surface area is 232 Å². The third kappa shape index (κ3) is 8.68. The Kier molecular flexibility index (Phi) is 12.3. The molecule has 0 fully saturated rings. The maximum atomic E-state index is 13.3. The maximum Gasteiger partial charge on any atom is 0.247 e. The predicted molar refractivity (Wildman–Crippen MR) is 149 cm³/mol. The van der Waals surface area contributed by atoms with E-state index in [0.29, 0.717) is 51.4 Å². The predicted octanol–water partition coefficient (Wildman–Crippen LogP) is 2.95. The van der Waals surface area contributed by atoms with Crippen molar-refractivity contribution in [3.8, 4) is 11.5 Å². The van der Waals surface area contributed by atoms with Gasteiger partial charge in [-0.2, -0.15) is 0 Å². The number of aliphatic hydroxyl groups excluding tert-OH is 2. The van der Waals surface area contributed by atoms with Gasteiger partial charge in [0.1, 0.15) is 18.5 Å². The highest BCUT2D eigenvalue weighted by Crippen LogP contribution is 2.37. The van der Waals surface area contributed by atoms with Crippen LogP contribution in [0.3, 0.4) is 0 Å². The van der Waals surface area contributed by atoms with E-state index in [4.69, 9.17) is 14.6 Å². The number of carbonyl (C=O) groups excluding carboxylic acids is 3. The molecule has 0 heterocycles. The van der Waals surface area contributed by atoms with E-state index in [2.05, 4.69) is 19.2 Å². The van der Waals surface area contributed by atoms with Gasteiger partial charge in [-0.15, -0.1) is 0 Å². The van der Waals surface area contributed by atoms with Gasteiger partial charge < -0.3 is 29.9 Å². The number of halogens is 1. The zero-order valence-corrected chi connectivity index (χ0v) is 24.4. The van der Waals surface area contributed by atoms with E-state index in [1.54, 1.807) is 17.0 Å². The van der Waals surface area contributed by atoms with E-state index in [9.17, 15) is 19.5 Å². The molecule has 9 nitrogen and oxygen atoms in total. The van der Waals surface area contributed by atoms with Gasteiger partial charge in [0.2, 0.25) is 11.8 Å². The van der Waals surface area contributed by atoms with Crippen molar-refractivity contribution in [3.63, 3.8) is 0 Å². The lowest BCUT2D eigenvalue weighted by Gasteiger charge is -2.41. The highest BCUT2D eigenvalue weighted by molar-refractivity contribution is 14.1. The number of aliphatic hydroxyl groups is 2. The second kappa shape index (κ2) is 14.7. The summed E-state index contributed by atoms with van der Waals surface area (Å²) < 4.78 is 12.3. The molecule has 1 aliphatic carbocycles. The average Bonchev–Trinajstić information content (AvgIpc) is 2.84. The summed E-state index contributed by atoms with van der Waals surface area (Å²) in [6, 6.07) is 2.49. The van der Waals surface area contributed by atoms with Crippen molar-refractivity contribution in [2.24, 2.45) is 11.8 Å². The van der Waals surface area contributed by atoms with E-state index >= 15 is 0 Å². The summed E-state index contributed by atoms with van der Waals surface area (Å²) in [5, 5.41) is 23.3. The second-order valence-electron chi connectivity index (χ2n) is 10.0. The van der Waals surface area contributed by atoms with Crippen molar-refractivity contribution >= 4 is 40.7 Å². The van der Waals surface area contributed by atoms with E-state index < -0.39 is 24.2 Å². The van der Waals surface area contributed by atoms with Gasteiger partial charge in [-0.1, -0.05) is 27.7 Å². The lowest BCUT2D eigenvalue weighted by Crippen LogP contribution is -2.55. The minimum atomic E-state index is -1.12. The highest BCUT2D eigenvalue weighted by Gasteiger charge is 2.40. The third-order valence-electron chi connectivity index (χ3n) is 6.11. The fourth-order valence-corrected chi connectivity index (χ4v) is 4.93. The Bertz CT molecular complexity index is 980. The number of hydrogen-bond donors (Lipinski definition) is 3. The number of nitrogens with one attached hydrogen (secondary N) is 1. The SMILES string of the molecule is COc1cc(C=O)cc(I)c1OC1C=C(C(=O)NCCO)CC(N(CCC(C)C)C(=O)CC(C)C)C1O. The largest absolute Gasteiger partial charge is 0.493 e. The Balaban J connectivity index is 2.51. The molecule has 10 heteroatoms. The molecule has 0 spiro atoms. The maximum absolute atomic E-state index is 13.3. The first kappa shape index (κ1) is 31.0. The molecule has 3 atom stereocenters. The van der Waals surface area contributed by atoms with Crippen LogP contribution in [0.15, 0.2) is 23.8 Å². The van der Waals surface area contributed by atoms with Crippen LogP contribution in [-0.4, -0.2) is 78.3 Å². The van der Waals surface area contributed by atoms with E-state index in [-0.39, 0.29) is 31.4 Å². The Hall–Kier alpha value is -2.18. The molecule has 0 bridgehead atoms. The number of hydrogen-bond acceptors (Lipinski definition) is 7. The molecule has 1 aromatic carbocycles. The van der Waals surface area contributed by atoms with Gasteiger partial charge in [-0.05, 0) is 59.1 Å². The van der Waals surface area contributed by atoms with Crippen LogP contribution in [-0.2, 0) is 9.59 Å². The van der Waals surface area contributed by atoms with E-state index in [1.807, 2.05) is 36.4 Å². The van der Waals surface area contributed by atoms with Crippen LogP contribution < -0.4 is 14.8 Å². The first-order chi connectivity index (χ1) is 17.5. The Morgan fingerprint density at radius 1 is 1.24 bits per heavy atom. The van der Waals surface area contributed by atoms with Crippen LogP contribution in [0, 0.1) is 15.4 Å². The molecule has 0 saturated carbocycles.